The molecule has 162 valence electrons. The number of nitrogens with one attached hydrogen (secondary N) is 1. The molecule has 30 heavy (non-hydrogen) atoms. The minimum atomic E-state index is -3.92. The molecule has 1 aliphatic heterocycles. The summed E-state index contributed by atoms with van der Waals surface area (Å²) in [5, 5.41) is 0.520. The maximum atomic E-state index is 12.9. The van der Waals surface area contributed by atoms with Crippen LogP contribution in [0.1, 0.15) is 22.0 Å². The molecule has 1 N–H and O–H groups in total. The van der Waals surface area contributed by atoms with E-state index < -0.39 is 16.0 Å². The molecule has 1 aliphatic rings. The van der Waals surface area contributed by atoms with E-state index in [1.165, 1.54) is 25.3 Å². The third-order valence-corrected chi connectivity index (χ3v) is 6.97. The number of sulfonamides is 1. The zero-order valence-corrected chi connectivity index (χ0v) is 18.6. The number of hydrogen-bond donors (Lipinski definition) is 1. The normalized spacial score (nSPS) is 16.2. The van der Waals surface area contributed by atoms with Crippen LogP contribution in [0.25, 0.3) is 0 Å². The van der Waals surface area contributed by atoms with Crippen LogP contribution in [0.4, 0.5) is 0 Å². The Bertz CT molecular complexity index is 1010. The van der Waals surface area contributed by atoms with Crippen molar-refractivity contribution in [2.75, 3.05) is 40.0 Å². The molecule has 1 saturated heterocycles. The van der Waals surface area contributed by atoms with Gasteiger partial charge in [-0.1, -0.05) is 35.3 Å². The lowest BCUT2D eigenvalue weighted by Gasteiger charge is -2.35. The van der Waals surface area contributed by atoms with Crippen LogP contribution in [0.2, 0.25) is 10.0 Å². The molecule has 1 atom stereocenters. The summed E-state index contributed by atoms with van der Waals surface area (Å²) >= 11 is 12.3. The topological polar surface area (TPSA) is 84.9 Å². The zero-order chi connectivity index (χ0) is 21.7. The highest BCUT2D eigenvalue weighted by Gasteiger charge is 2.26. The number of halogens is 2. The SMILES string of the molecule is COC(=O)c1ccc(S(=O)(=O)NCC(c2cccc(Cl)c2)N2CCOCC2)c(Cl)c1. The highest BCUT2D eigenvalue weighted by atomic mass is 35.5. The Kier molecular flexibility index (Phi) is 7.73. The van der Waals surface area contributed by atoms with E-state index >= 15 is 0 Å². The molecule has 0 aliphatic carbocycles. The molecule has 2 aromatic carbocycles. The highest BCUT2D eigenvalue weighted by molar-refractivity contribution is 7.89. The Labute approximate surface area is 185 Å². The summed E-state index contributed by atoms with van der Waals surface area (Å²) in [5.41, 5.74) is 1.07. The number of morpholine rings is 1. The fourth-order valence-electron chi connectivity index (χ4n) is 3.29. The number of benzene rings is 2. The van der Waals surface area contributed by atoms with E-state index in [-0.39, 0.29) is 28.1 Å². The quantitative estimate of drug-likeness (QED) is 0.623. The van der Waals surface area contributed by atoms with E-state index in [4.69, 9.17) is 27.9 Å². The number of carbonyl (C=O) groups excluding carboxylic acids is 1. The number of nitrogens with zero attached hydrogens (tertiary/aromatic N) is 1. The first-order valence-electron chi connectivity index (χ1n) is 9.26. The molecule has 0 bridgehead atoms. The number of carbonyl (C=O) groups is 1. The molecule has 3 rings (SSSR count). The summed E-state index contributed by atoms with van der Waals surface area (Å²) in [5.74, 6) is -0.595. The van der Waals surface area contributed by atoms with E-state index in [9.17, 15) is 13.2 Å². The molecule has 0 aromatic heterocycles. The Morgan fingerprint density at radius 1 is 1.20 bits per heavy atom. The molecule has 1 fully saturated rings. The standard InChI is InChI=1S/C20H22Cl2N2O5S/c1-28-20(25)15-5-6-19(17(22)12-15)30(26,27)23-13-18(24-7-9-29-10-8-24)14-3-2-4-16(21)11-14/h2-6,11-12,18,23H,7-10,13H2,1H3. The van der Waals surface area contributed by atoms with Gasteiger partial charge in [-0.25, -0.2) is 17.9 Å². The Morgan fingerprint density at radius 3 is 2.57 bits per heavy atom. The Balaban J connectivity index is 1.82. The van der Waals surface area contributed by atoms with E-state index in [1.54, 1.807) is 6.07 Å². The molecule has 1 unspecified atom stereocenters. The third-order valence-electron chi connectivity index (χ3n) is 4.83. The summed E-state index contributed by atoms with van der Waals surface area (Å²) in [6.45, 7) is 2.62. The third kappa shape index (κ3) is 5.51. The first-order valence-corrected chi connectivity index (χ1v) is 11.5. The van der Waals surface area contributed by atoms with Crippen LogP contribution < -0.4 is 4.72 Å². The monoisotopic (exact) mass is 472 g/mol. The van der Waals surface area contributed by atoms with Gasteiger partial charge < -0.3 is 9.47 Å². The van der Waals surface area contributed by atoms with Gasteiger partial charge in [0.25, 0.3) is 0 Å². The summed E-state index contributed by atoms with van der Waals surface area (Å²) < 4.78 is 38.5. The number of ether oxygens (including phenoxy) is 2. The summed E-state index contributed by atoms with van der Waals surface area (Å²) in [6, 6.07) is 11.1. The summed E-state index contributed by atoms with van der Waals surface area (Å²) in [6.07, 6.45) is 0. The molecular formula is C20H22Cl2N2O5S. The largest absolute Gasteiger partial charge is 0.465 e. The molecule has 0 spiro atoms. The van der Waals surface area contributed by atoms with Crippen molar-refractivity contribution in [3.8, 4) is 0 Å². The van der Waals surface area contributed by atoms with Gasteiger partial charge in [-0.15, -0.1) is 0 Å². The first-order chi connectivity index (χ1) is 14.3. The average molecular weight is 473 g/mol. The van der Waals surface area contributed by atoms with Gasteiger partial charge in [0.2, 0.25) is 10.0 Å². The Morgan fingerprint density at radius 2 is 1.93 bits per heavy atom. The second kappa shape index (κ2) is 10.1. The van der Waals surface area contributed by atoms with Gasteiger partial charge in [-0.3, -0.25) is 4.90 Å². The number of rotatable bonds is 7. The van der Waals surface area contributed by atoms with Crippen LogP contribution in [0.5, 0.6) is 0 Å². The second-order valence-electron chi connectivity index (χ2n) is 6.71. The van der Waals surface area contributed by atoms with Crippen molar-refractivity contribution in [1.82, 2.24) is 9.62 Å². The van der Waals surface area contributed by atoms with Crippen molar-refractivity contribution in [2.45, 2.75) is 10.9 Å². The predicted octanol–water partition coefficient (Wildman–Crippen LogP) is 3.13. The number of esters is 1. The molecule has 2 aromatic rings. The minimum Gasteiger partial charge on any atom is -0.465 e. The lowest BCUT2D eigenvalue weighted by Crippen LogP contribution is -2.43. The number of methoxy groups -OCH3 is 1. The summed E-state index contributed by atoms with van der Waals surface area (Å²) in [7, 11) is -2.68. The fraction of sp³-hybridized carbons (Fsp3) is 0.350. The van der Waals surface area contributed by atoms with Crippen LogP contribution in [-0.2, 0) is 19.5 Å². The van der Waals surface area contributed by atoms with Crippen molar-refractivity contribution in [1.29, 1.82) is 0 Å². The number of hydrogen-bond acceptors (Lipinski definition) is 6. The summed E-state index contributed by atoms with van der Waals surface area (Å²) in [4.78, 5) is 13.7. The lowest BCUT2D eigenvalue weighted by molar-refractivity contribution is 0.0172. The fourth-order valence-corrected chi connectivity index (χ4v) is 5.07. The van der Waals surface area contributed by atoms with Gasteiger partial charge in [0, 0.05) is 30.7 Å². The van der Waals surface area contributed by atoms with Crippen molar-refractivity contribution in [2.24, 2.45) is 0 Å². The average Bonchev–Trinajstić information content (AvgIpc) is 2.74. The first kappa shape index (κ1) is 23.0. The highest BCUT2D eigenvalue weighted by Crippen LogP contribution is 2.26. The van der Waals surface area contributed by atoms with Gasteiger partial charge in [-0.2, -0.15) is 0 Å². The van der Waals surface area contributed by atoms with Crippen molar-refractivity contribution in [3.63, 3.8) is 0 Å². The minimum absolute atomic E-state index is 0.0592. The molecular weight excluding hydrogens is 451 g/mol. The molecule has 0 amide bonds. The molecule has 0 saturated carbocycles. The maximum Gasteiger partial charge on any atom is 0.337 e. The smallest absolute Gasteiger partial charge is 0.337 e. The molecule has 1 heterocycles. The van der Waals surface area contributed by atoms with Crippen LogP contribution in [0, 0.1) is 0 Å². The van der Waals surface area contributed by atoms with Crippen LogP contribution in [-0.4, -0.2) is 59.2 Å². The molecule has 0 radical (unpaired) electrons. The van der Waals surface area contributed by atoms with Crippen molar-refractivity contribution >= 4 is 39.2 Å². The lowest BCUT2D eigenvalue weighted by atomic mass is 10.1. The van der Waals surface area contributed by atoms with Gasteiger partial charge in [0.1, 0.15) is 4.90 Å². The van der Waals surface area contributed by atoms with Crippen LogP contribution >= 0.6 is 23.2 Å². The molecule has 7 nitrogen and oxygen atoms in total. The van der Waals surface area contributed by atoms with Crippen LogP contribution in [0.3, 0.4) is 0 Å². The van der Waals surface area contributed by atoms with Crippen molar-refractivity contribution < 1.29 is 22.7 Å². The van der Waals surface area contributed by atoms with E-state index in [2.05, 4.69) is 14.4 Å². The van der Waals surface area contributed by atoms with Crippen molar-refractivity contribution in [3.05, 3.63) is 63.6 Å². The van der Waals surface area contributed by atoms with Crippen LogP contribution in [0.15, 0.2) is 47.4 Å². The van der Waals surface area contributed by atoms with Gasteiger partial charge in [0.15, 0.2) is 0 Å². The van der Waals surface area contributed by atoms with E-state index in [1.807, 2.05) is 18.2 Å². The zero-order valence-electron chi connectivity index (χ0n) is 16.3. The predicted molar refractivity (Wildman–Crippen MR) is 115 cm³/mol. The van der Waals surface area contributed by atoms with Gasteiger partial charge >= 0.3 is 5.97 Å². The van der Waals surface area contributed by atoms with Gasteiger partial charge in [-0.05, 0) is 35.9 Å². The second-order valence-corrected chi connectivity index (χ2v) is 9.29. The van der Waals surface area contributed by atoms with E-state index in [0.717, 1.165) is 5.56 Å². The maximum absolute atomic E-state index is 12.9. The van der Waals surface area contributed by atoms with Gasteiger partial charge in [0.05, 0.1) is 30.9 Å². The molecule has 10 heteroatoms. The van der Waals surface area contributed by atoms with E-state index in [0.29, 0.717) is 31.3 Å². The Hall–Kier alpha value is -1.68.